The molecular formula is C19H15N5O2S. The van der Waals surface area contributed by atoms with Gasteiger partial charge in [-0.3, -0.25) is 10.1 Å². The number of nitrogens with zero attached hydrogens (tertiary/aromatic N) is 4. The number of amides is 1. The van der Waals surface area contributed by atoms with E-state index in [-0.39, 0.29) is 5.91 Å². The highest BCUT2D eigenvalue weighted by Gasteiger charge is 2.14. The summed E-state index contributed by atoms with van der Waals surface area (Å²) in [7, 11) is 0. The third kappa shape index (κ3) is 4.06. The Morgan fingerprint density at radius 3 is 2.78 bits per heavy atom. The first-order valence-corrected chi connectivity index (χ1v) is 9.07. The first-order valence-electron chi connectivity index (χ1n) is 8.26. The monoisotopic (exact) mass is 377 g/mol. The molecule has 2 heterocycles. The van der Waals surface area contributed by atoms with Crippen LogP contribution in [0.3, 0.4) is 0 Å². The van der Waals surface area contributed by atoms with E-state index < -0.39 is 0 Å². The van der Waals surface area contributed by atoms with Crippen LogP contribution in [0.15, 0.2) is 59.1 Å². The number of hydrogen-bond acceptors (Lipinski definition) is 7. The molecular weight excluding hydrogens is 362 g/mol. The van der Waals surface area contributed by atoms with Gasteiger partial charge in [0.25, 0.3) is 11.8 Å². The predicted molar refractivity (Wildman–Crippen MR) is 102 cm³/mol. The van der Waals surface area contributed by atoms with Gasteiger partial charge in [0.15, 0.2) is 5.82 Å². The van der Waals surface area contributed by atoms with Crippen LogP contribution >= 0.6 is 11.3 Å². The van der Waals surface area contributed by atoms with Gasteiger partial charge in [-0.05, 0) is 31.2 Å². The minimum absolute atomic E-state index is 0.215. The number of nitrogens with one attached hydrogen (secondary N) is 1. The molecule has 134 valence electrons. The standard InChI is InChI=1S/C19H15N5O2S/c1-12-6-5-9-14(10-12)17(25)21-19-23-22-16(27-19)11-15-20-18(26-24-15)13-7-3-2-4-8-13/h2-10H,11H2,1H3,(H,21,23,25). The summed E-state index contributed by atoms with van der Waals surface area (Å²) < 4.78 is 5.29. The number of benzene rings is 2. The summed E-state index contributed by atoms with van der Waals surface area (Å²) in [5, 5.41) is 16.0. The topological polar surface area (TPSA) is 93.8 Å². The number of rotatable bonds is 5. The number of carbonyl (C=O) groups is 1. The van der Waals surface area contributed by atoms with E-state index in [9.17, 15) is 4.79 Å². The first kappa shape index (κ1) is 17.0. The minimum atomic E-state index is -0.215. The van der Waals surface area contributed by atoms with Crippen molar-refractivity contribution in [2.45, 2.75) is 13.3 Å². The Balaban J connectivity index is 1.43. The lowest BCUT2D eigenvalue weighted by atomic mass is 10.1. The first-order chi connectivity index (χ1) is 13.2. The van der Waals surface area contributed by atoms with Crippen molar-refractivity contribution >= 4 is 22.4 Å². The lowest BCUT2D eigenvalue weighted by Crippen LogP contribution is -2.11. The zero-order chi connectivity index (χ0) is 18.6. The molecule has 2 aromatic heterocycles. The Bertz CT molecular complexity index is 1070. The fourth-order valence-corrected chi connectivity index (χ4v) is 3.22. The average Bonchev–Trinajstić information content (AvgIpc) is 3.32. The molecule has 1 amide bonds. The Labute approximate surface area is 159 Å². The molecule has 1 N–H and O–H groups in total. The van der Waals surface area contributed by atoms with Crippen LogP contribution in [0, 0.1) is 6.92 Å². The minimum Gasteiger partial charge on any atom is -0.334 e. The predicted octanol–water partition coefficient (Wildman–Crippen LogP) is 3.74. The Kier molecular flexibility index (Phi) is 4.71. The van der Waals surface area contributed by atoms with Crippen molar-refractivity contribution in [3.8, 4) is 11.5 Å². The van der Waals surface area contributed by atoms with Crippen molar-refractivity contribution in [2.24, 2.45) is 0 Å². The molecule has 0 unspecified atom stereocenters. The normalized spacial score (nSPS) is 10.7. The maximum Gasteiger partial charge on any atom is 0.257 e. The number of aryl methyl sites for hydroxylation is 1. The molecule has 0 saturated heterocycles. The molecule has 8 heteroatoms. The van der Waals surface area contributed by atoms with Crippen LogP contribution in [0.2, 0.25) is 0 Å². The molecule has 2 aromatic carbocycles. The molecule has 0 saturated carbocycles. The SMILES string of the molecule is Cc1cccc(C(=O)Nc2nnc(Cc3noc(-c4ccccc4)n3)s2)c1. The summed E-state index contributed by atoms with van der Waals surface area (Å²) in [6, 6.07) is 16.9. The molecule has 7 nitrogen and oxygen atoms in total. The maximum atomic E-state index is 12.3. The van der Waals surface area contributed by atoms with Crippen LogP contribution in [-0.2, 0) is 6.42 Å². The number of carbonyl (C=O) groups excluding carboxylic acids is 1. The van der Waals surface area contributed by atoms with E-state index in [0.717, 1.165) is 11.1 Å². The lowest BCUT2D eigenvalue weighted by molar-refractivity contribution is 0.102. The van der Waals surface area contributed by atoms with Crippen molar-refractivity contribution in [2.75, 3.05) is 5.32 Å². The molecule has 27 heavy (non-hydrogen) atoms. The molecule has 0 spiro atoms. The third-order valence-corrected chi connectivity index (χ3v) is 4.60. The van der Waals surface area contributed by atoms with Crippen molar-refractivity contribution in [3.63, 3.8) is 0 Å². The van der Waals surface area contributed by atoms with Gasteiger partial charge in [0.1, 0.15) is 5.01 Å². The fraction of sp³-hybridized carbons (Fsp3) is 0.105. The fourth-order valence-electron chi connectivity index (χ4n) is 2.49. The van der Waals surface area contributed by atoms with Crippen molar-refractivity contribution < 1.29 is 9.32 Å². The van der Waals surface area contributed by atoms with Crippen LogP contribution in [0.1, 0.15) is 26.8 Å². The van der Waals surface area contributed by atoms with Crippen LogP contribution in [-0.4, -0.2) is 26.2 Å². The highest BCUT2D eigenvalue weighted by Crippen LogP contribution is 2.21. The van der Waals surface area contributed by atoms with Gasteiger partial charge in [0.2, 0.25) is 5.13 Å². The molecule has 0 radical (unpaired) electrons. The van der Waals surface area contributed by atoms with E-state index >= 15 is 0 Å². The second-order valence-electron chi connectivity index (χ2n) is 5.88. The van der Waals surface area contributed by atoms with Crippen molar-refractivity contribution in [1.29, 1.82) is 0 Å². The molecule has 0 aliphatic carbocycles. The molecule has 4 rings (SSSR count). The Morgan fingerprint density at radius 1 is 1.11 bits per heavy atom. The van der Waals surface area contributed by atoms with Crippen LogP contribution in [0.4, 0.5) is 5.13 Å². The molecule has 0 atom stereocenters. The van der Waals surface area contributed by atoms with Gasteiger partial charge in [0.05, 0.1) is 6.42 Å². The van der Waals surface area contributed by atoms with Gasteiger partial charge in [-0.15, -0.1) is 10.2 Å². The van der Waals surface area contributed by atoms with Gasteiger partial charge in [-0.25, -0.2) is 0 Å². The molecule has 4 aromatic rings. The molecule has 0 aliphatic rings. The van der Waals surface area contributed by atoms with Gasteiger partial charge >= 0.3 is 0 Å². The summed E-state index contributed by atoms with van der Waals surface area (Å²) in [6.45, 7) is 1.94. The second-order valence-corrected chi connectivity index (χ2v) is 6.95. The Hall–Kier alpha value is -3.39. The highest BCUT2D eigenvalue weighted by atomic mass is 32.1. The van der Waals surface area contributed by atoms with Crippen molar-refractivity contribution in [1.82, 2.24) is 20.3 Å². The zero-order valence-corrected chi connectivity index (χ0v) is 15.2. The van der Waals surface area contributed by atoms with E-state index in [1.54, 1.807) is 6.07 Å². The second kappa shape index (κ2) is 7.46. The summed E-state index contributed by atoms with van der Waals surface area (Å²) in [4.78, 5) is 16.7. The number of hydrogen-bond donors (Lipinski definition) is 1. The molecule has 0 aliphatic heterocycles. The van der Waals surface area contributed by atoms with Crippen LogP contribution < -0.4 is 5.32 Å². The summed E-state index contributed by atoms with van der Waals surface area (Å²) in [5.74, 6) is 0.761. The van der Waals surface area contributed by atoms with Gasteiger partial charge in [0, 0.05) is 11.1 Å². The van der Waals surface area contributed by atoms with Gasteiger partial charge < -0.3 is 4.52 Å². The summed E-state index contributed by atoms with van der Waals surface area (Å²) in [5.41, 5.74) is 2.46. The summed E-state index contributed by atoms with van der Waals surface area (Å²) in [6.07, 6.45) is 0.383. The average molecular weight is 377 g/mol. The summed E-state index contributed by atoms with van der Waals surface area (Å²) >= 11 is 1.28. The van der Waals surface area contributed by atoms with Gasteiger partial charge in [-0.2, -0.15) is 4.98 Å². The largest absolute Gasteiger partial charge is 0.334 e. The lowest BCUT2D eigenvalue weighted by Gasteiger charge is -2.01. The van der Waals surface area contributed by atoms with Crippen LogP contribution in [0.25, 0.3) is 11.5 Å². The van der Waals surface area contributed by atoms with Crippen LogP contribution in [0.5, 0.6) is 0 Å². The van der Waals surface area contributed by atoms with E-state index in [0.29, 0.717) is 33.8 Å². The smallest absolute Gasteiger partial charge is 0.257 e. The zero-order valence-electron chi connectivity index (χ0n) is 14.4. The van der Waals surface area contributed by atoms with Gasteiger partial charge in [-0.1, -0.05) is 52.4 Å². The van der Waals surface area contributed by atoms with E-state index in [2.05, 4.69) is 25.7 Å². The number of anilines is 1. The van der Waals surface area contributed by atoms with Crippen molar-refractivity contribution in [3.05, 3.63) is 76.6 Å². The number of aromatic nitrogens is 4. The highest BCUT2D eigenvalue weighted by molar-refractivity contribution is 7.15. The quantitative estimate of drug-likeness (QED) is 0.569. The van der Waals surface area contributed by atoms with E-state index in [1.165, 1.54) is 11.3 Å². The molecule has 0 fully saturated rings. The van der Waals surface area contributed by atoms with E-state index in [1.807, 2.05) is 55.5 Å². The molecule has 0 bridgehead atoms. The maximum absolute atomic E-state index is 12.3. The Morgan fingerprint density at radius 2 is 1.96 bits per heavy atom. The van der Waals surface area contributed by atoms with E-state index in [4.69, 9.17) is 4.52 Å². The third-order valence-electron chi connectivity index (χ3n) is 3.77.